The molecule has 3 aromatic rings. The first-order valence-electron chi connectivity index (χ1n) is 6.04. The molecule has 0 atom stereocenters. The van der Waals surface area contributed by atoms with Crippen molar-refractivity contribution in [2.24, 2.45) is 0 Å². The monoisotopic (exact) mass is 265 g/mol. The summed E-state index contributed by atoms with van der Waals surface area (Å²) in [4.78, 5) is 20.1. The number of rotatable bonds is 2. The van der Waals surface area contributed by atoms with Gasteiger partial charge in [-0.2, -0.15) is 0 Å². The number of anilines is 1. The van der Waals surface area contributed by atoms with E-state index in [1.54, 1.807) is 24.5 Å². The molecule has 0 unspecified atom stereocenters. The quantitative estimate of drug-likeness (QED) is 0.746. The molecular weight excluding hydrogens is 254 g/mol. The molecule has 2 aromatic heterocycles. The van der Waals surface area contributed by atoms with Gasteiger partial charge in [-0.25, -0.2) is 4.98 Å². The molecule has 0 saturated heterocycles. The molecule has 0 bridgehead atoms. The molecule has 98 valence electrons. The molecule has 0 radical (unpaired) electrons. The second-order valence-electron chi connectivity index (χ2n) is 4.23. The highest BCUT2D eigenvalue weighted by molar-refractivity contribution is 6.09. The van der Waals surface area contributed by atoms with Crippen molar-refractivity contribution in [3.05, 3.63) is 60.7 Å². The van der Waals surface area contributed by atoms with E-state index in [0.29, 0.717) is 5.69 Å². The third-order valence-corrected chi connectivity index (χ3v) is 2.93. The van der Waals surface area contributed by atoms with Gasteiger partial charge >= 0.3 is 0 Å². The predicted octanol–water partition coefficient (Wildman–Crippen LogP) is 2.59. The number of aromatic nitrogens is 2. The summed E-state index contributed by atoms with van der Waals surface area (Å²) in [5.41, 5.74) is 0.624. The van der Waals surface area contributed by atoms with Crippen LogP contribution in [-0.4, -0.2) is 21.0 Å². The van der Waals surface area contributed by atoms with E-state index in [9.17, 15) is 9.90 Å². The van der Waals surface area contributed by atoms with Crippen molar-refractivity contribution in [3.63, 3.8) is 0 Å². The Balaban J connectivity index is 1.98. The number of hydrogen-bond donors (Lipinski definition) is 2. The van der Waals surface area contributed by atoms with Gasteiger partial charge in [-0.05, 0) is 29.7 Å². The van der Waals surface area contributed by atoms with Crippen LogP contribution >= 0.6 is 0 Å². The van der Waals surface area contributed by atoms with Crippen molar-refractivity contribution in [2.45, 2.75) is 0 Å². The molecule has 5 heteroatoms. The maximum Gasteiger partial charge on any atom is 0.278 e. The number of pyridine rings is 2. The second kappa shape index (κ2) is 4.97. The normalized spacial score (nSPS) is 10.4. The summed E-state index contributed by atoms with van der Waals surface area (Å²) in [7, 11) is 0. The van der Waals surface area contributed by atoms with Gasteiger partial charge < -0.3 is 10.4 Å². The van der Waals surface area contributed by atoms with Crippen LogP contribution in [0.2, 0.25) is 0 Å². The summed E-state index contributed by atoms with van der Waals surface area (Å²) in [5.74, 6) is -0.609. The lowest BCUT2D eigenvalue weighted by atomic mass is 10.1. The Morgan fingerprint density at radius 1 is 1.10 bits per heavy atom. The van der Waals surface area contributed by atoms with Gasteiger partial charge in [0.25, 0.3) is 5.91 Å². The zero-order valence-corrected chi connectivity index (χ0v) is 10.4. The van der Waals surface area contributed by atoms with E-state index in [2.05, 4.69) is 15.3 Å². The molecule has 0 aliphatic heterocycles. The van der Waals surface area contributed by atoms with Gasteiger partial charge in [0.2, 0.25) is 0 Å². The highest BCUT2D eigenvalue weighted by Gasteiger charge is 2.13. The fourth-order valence-electron chi connectivity index (χ4n) is 1.98. The third kappa shape index (κ3) is 2.16. The van der Waals surface area contributed by atoms with E-state index >= 15 is 0 Å². The van der Waals surface area contributed by atoms with Gasteiger partial charge in [-0.1, -0.05) is 12.1 Å². The summed E-state index contributed by atoms with van der Waals surface area (Å²) in [5, 5.41) is 14.2. The summed E-state index contributed by atoms with van der Waals surface area (Å²) < 4.78 is 0. The fraction of sp³-hybridized carbons (Fsp3) is 0. The predicted molar refractivity (Wildman–Crippen MR) is 75.6 cm³/mol. The van der Waals surface area contributed by atoms with E-state index in [-0.39, 0.29) is 11.4 Å². The number of benzene rings is 1. The van der Waals surface area contributed by atoms with Gasteiger partial charge in [0, 0.05) is 24.0 Å². The zero-order valence-electron chi connectivity index (χ0n) is 10.4. The molecular formula is C15H11N3O2. The highest BCUT2D eigenvalue weighted by atomic mass is 16.3. The Bertz CT molecular complexity index is 781. The van der Waals surface area contributed by atoms with Gasteiger partial charge in [0.15, 0.2) is 5.69 Å². The standard InChI is InChI=1S/C15H11N3O2/c19-13-5-2-7-17-14(13)15(20)18-12-4-1-3-10-6-8-16-9-11(10)12/h1-9,19H,(H,18,20). The first-order valence-corrected chi connectivity index (χ1v) is 6.04. The van der Waals surface area contributed by atoms with E-state index in [1.807, 2.05) is 18.2 Å². The minimum absolute atomic E-state index is 0.00612. The molecule has 0 aliphatic rings. The summed E-state index contributed by atoms with van der Waals surface area (Å²) in [6, 6.07) is 10.4. The minimum Gasteiger partial charge on any atom is -0.505 e. The molecule has 0 spiro atoms. The van der Waals surface area contributed by atoms with Crippen LogP contribution in [-0.2, 0) is 0 Å². The smallest absolute Gasteiger partial charge is 0.278 e. The SMILES string of the molecule is O=C(Nc1cccc2ccncc12)c1ncccc1O. The van der Waals surface area contributed by atoms with Crippen LogP contribution in [0.4, 0.5) is 5.69 Å². The summed E-state index contributed by atoms with van der Waals surface area (Å²) in [6.07, 6.45) is 4.83. The number of hydrogen-bond acceptors (Lipinski definition) is 4. The number of carbonyl (C=O) groups is 1. The molecule has 2 N–H and O–H groups in total. The lowest BCUT2D eigenvalue weighted by Gasteiger charge is -2.08. The maximum atomic E-state index is 12.1. The number of nitrogens with zero attached hydrogens (tertiary/aromatic N) is 2. The number of aromatic hydroxyl groups is 1. The van der Waals surface area contributed by atoms with Crippen molar-refractivity contribution in [1.82, 2.24) is 9.97 Å². The molecule has 0 aliphatic carbocycles. The maximum absolute atomic E-state index is 12.1. The number of carbonyl (C=O) groups excluding carboxylic acids is 1. The average molecular weight is 265 g/mol. The highest BCUT2D eigenvalue weighted by Crippen LogP contribution is 2.23. The largest absolute Gasteiger partial charge is 0.505 e. The van der Waals surface area contributed by atoms with Crippen molar-refractivity contribution in [1.29, 1.82) is 0 Å². The third-order valence-electron chi connectivity index (χ3n) is 2.93. The number of fused-ring (bicyclic) bond motifs is 1. The molecule has 2 heterocycles. The zero-order chi connectivity index (χ0) is 13.9. The first-order chi connectivity index (χ1) is 9.75. The Morgan fingerprint density at radius 2 is 2.00 bits per heavy atom. The molecule has 0 saturated carbocycles. The molecule has 1 aromatic carbocycles. The van der Waals surface area contributed by atoms with Gasteiger partial charge in [0.1, 0.15) is 5.75 Å². The van der Waals surface area contributed by atoms with E-state index < -0.39 is 5.91 Å². The molecule has 20 heavy (non-hydrogen) atoms. The molecule has 0 fully saturated rings. The van der Waals surface area contributed by atoms with Gasteiger partial charge in [-0.3, -0.25) is 9.78 Å². The van der Waals surface area contributed by atoms with Crippen molar-refractivity contribution < 1.29 is 9.90 Å². The van der Waals surface area contributed by atoms with E-state index in [4.69, 9.17) is 0 Å². The van der Waals surface area contributed by atoms with Crippen LogP contribution in [0.1, 0.15) is 10.5 Å². The van der Waals surface area contributed by atoms with Crippen molar-refractivity contribution in [2.75, 3.05) is 5.32 Å². The van der Waals surface area contributed by atoms with Crippen LogP contribution in [0, 0.1) is 0 Å². The Hall–Kier alpha value is -2.95. The Morgan fingerprint density at radius 3 is 2.85 bits per heavy atom. The van der Waals surface area contributed by atoms with Crippen LogP contribution < -0.4 is 5.32 Å². The van der Waals surface area contributed by atoms with Crippen LogP contribution in [0.5, 0.6) is 5.75 Å². The lowest BCUT2D eigenvalue weighted by molar-refractivity contribution is 0.101. The summed E-state index contributed by atoms with van der Waals surface area (Å²) in [6.45, 7) is 0. The minimum atomic E-state index is -0.459. The van der Waals surface area contributed by atoms with Crippen LogP contribution in [0.3, 0.4) is 0 Å². The number of nitrogens with one attached hydrogen (secondary N) is 1. The van der Waals surface area contributed by atoms with Gasteiger partial charge in [0.05, 0.1) is 5.69 Å². The van der Waals surface area contributed by atoms with Crippen LogP contribution in [0.15, 0.2) is 55.0 Å². The number of amides is 1. The first kappa shape index (κ1) is 12.1. The van der Waals surface area contributed by atoms with Crippen molar-refractivity contribution in [3.8, 4) is 5.75 Å². The van der Waals surface area contributed by atoms with Crippen LogP contribution in [0.25, 0.3) is 10.8 Å². The second-order valence-corrected chi connectivity index (χ2v) is 4.23. The molecule has 3 rings (SSSR count). The Labute approximate surface area is 114 Å². The molecule has 1 amide bonds. The van der Waals surface area contributed by atoms with Gasteiger partial charge in [-0.15, -0.1) is 0 Å². The molecule has 5 nitrogen and oxygen atoms in total. The Kier molecular flexibility index (Phi) is 3.01. The average Bonchev–Trinajstić information content (AvgIpc) is 2.48. The van der Waals surface area contributed by atoms with Crippen molar-refractivity contribution >= 4 is 22.4 Å². The van der Waals surface area contributed by atoms with E-state index in [1.165, 1.54) is 12.3 Å². The summed E-state index contributed by atoms with van der Waals surface area (Å²) >= 11 is 0. The lowest BCUT2D eigenvalue weighted by Crippen LogP contribution is -2.14. The fourth-order valence-corrected chi connectivity index (χ4v) is 1.98. The topological polar surface area (TPSA) is 75.1 Å². The van der Waals surface area contributed by atoms with E-state index in [0.717, 1.165) is 10.8 Å².